The van der Waals surface area contributed by atoms with Gasteiger partial charge in [-0.3, -0.25) is 0 Å². The summed E-state index contributed by atoms with van der Waals surface area (Å²) >= 11 is 5.32. The van der Waals surface area contributed by atoms with Crippen LogP contribution in [0.3, 0.4) is 0 Å². The standard InChI is InChI=1S/C5H9Cl.Mg.2H/c1-5(2)3-4-6;;;/h3H,4H2,1-2H3;;;. The first-order valence-electron chi connectivity index (χ1n) is 1.96. The molecule has 0 atom stereocenters. The molecule has 0 amide bonds. The molecule has 0 aliphatic carbocycles. The summed E-state index contributed by atoms with van der Waals surface area (Å²) in [6.07, 6.45) is 1.97. The Morgan fingerprint density at radius 1 is 1.57 bits per heavy atom. The second-order valence-electron chi connectivity index (χ2n) is 1.44. The quantitative estimate of drug-likeness (QED) is 0.285. The van der Waals surface area contributed by atoms with Gasteiger partial charge in [0.05, 0.1) is 0 Å². The van der Waals surface area contributed by atoms with Gasteiger partial charge in [0.2, 0.25) is 0 Å². The molecule has 0 rings (SSSR count). The highest BCUT2D eigenvalue weighted by Crippen LogP contribution is 1.87. The lowest BCUT2D eigenvalue weighted by Crippen LogP contribution is -1.62. The molecule has 7 heavy (non-hydrogen) atoms. The molecule has 2 heteroatoms. The Morgan fingerprint density at radius 2 is 2.00 bits per heavy atom. The highest BCUT2D eigenvalue weighted by Gasteiger charge is 1.68. The van der Waals surface area contributed by atoms with Gasteiger partial charge < -0.3 is 0 Å². The van der Waals surface area contributed by atoms with Crippen LogP contribution in [0.15, 0.2) is 11.6 Å². The third-order valence-electron chi connectivity index (χ3n) is 0.485. The van der Waals surface area contributed by atoms with Crippen LogP contribution in [0.2, 0.25) is 0 Å². The third-order valence-corrected chi connectivity index (χ3v) is 0.640. The summed E-state index contributed by atoms with van der Waals surface area (Å²) in [5.41, 5.74) is 1.28. The molecular weight excluding hydrogens is 120 g/mol. The van der Waals surface area contributed by atoms with Crippen molar-refractivity contribution < 1.29 is 0 Å². The fourth-order valence-corrected chi connectivity index (χ4v) is 0.463. The SMILES string of the molecule is CC(C)=CCCl.[MgH2]. The molecule has 0 spiro atoms. The van der Waals surface area contributed by atoms with Crippen molar-refractivity contribution in [2.75, 3.05) is 5.88 Å². The molecule has 0 aromatic heterocycles. The summed E-state index contributed by atoms with van der Waals surface area (Å²) in [6.45, 7) is 4.06. The van der Waals surface area contributed by atoms with Crippen molar-refractivity contribution in [2.24, 2.45) is 0 Å². The lowest BCUT2D eigenvalue weighted by Gasteiger charge is -1.78. The molecule has 0 saturated heterocycles. The molecule has 0 saturated carbocycles. The summed E-state index contributed by atoms with van der Waals surface area (Å²) in [4.78, 5) is 0. The van der Waals surface area contributed by atoms with Crippen molar-refractivity contribution >= 4 is 34.7 Å². The van der Waals surface area contributed by atoms with Crippen molar-refractivity contribution in [1.29, 1.82) is 0 Å². The summed E-state index contributed by atoms with van der Waals surface area (Å²) in [5, 5.41) is 0. The fourth-order valence-electron chi connectivity index (χ4n) is 0.154. The average molecular weight is 131 g/mol. The molecule has 0 unspecified atom stereocenters. The van der Waals surface area contributed by atoms with Crippen molar-refractivity contribution in [1.82, 2.24) is 0 Å². The van der Waals surface area contributed by atoms with Crippen molar-refractivity contribution in [3.8, 4) is 0 Å². The molecule has 0 bridgehead atoms. The molecule has 0 heterocycles. The molecular formula is C5H11ClMg. The zero-order valence-corrected chi connectivity index (χ0v) is 4.92. The van der Waals surface area contributed by atoms with Crippen LogP contribution in [0.5, 0.6) is 0 Å². The molecule has 40 valence electrons. The summed E-state index contributed by atoms with van der Waals surface area (Å²) in [5.74, 6) is 0.641. The Balaban J connectivity index is 0. The predicted molar refractivity (Wildman–Crippen MR) is 38.7 cm³/mol. The van der Waals surface area contributed by atoms with Crippen LogP contribution >= 0.6 is 11.6 Å². The number of halogens is 1. The van der Waals surface area contributed by atoms with E-state index in [4.69, 9.17) is 11.6 Å². The van der Waals surface area contributed by atoms with E-state index in [0.29, 0.717) is 5.88 Å². The van der Waals surface area contributed by atoms with Crippen LogP contribution in [0.25, 0.3) is 0 Å². The van der Waals surface area contributed by atoms with Gasteiger partial charge in [-0.05, 0) is 13.8 Å². The Hall–Kier alpha value is 0.796. The smallest absolute Gasteiger partial charge is 0.122 e. The maximum absolute atomic E-state index is 5.32. The van der Waals surface area contributed by atoms with Crippen LogP contribution in [0, 0.1) is 0 Å². The molecule has 0 aliphatic rings. The maximum atomic E-state index is 5.32. The van der Waals surface area contributed by atoms with Crippen LogP contribution in [0.4, 0.5) is 0 Å². The Labute approximate surface area is 66.1 Å². The average Bonchev–Trinajstić information content (AvgIpc) is 1.35. The first-order chi connectivity index (χ1) is 2.77. The van der Waals surface area contributed by atoms with Crippen molar-refractivity contribution in [3.63, 3.8) is 0 Å². The molecule has 0 radical (unpaired) electrons. The van der Waals surface area contributed by atoms with Gasteiger partial charge in [-0.15, -0.1) is 11.6 Å². The molecule has 0 fully saturated rings. The highest BCUT2D eigenvalue weighted by molar-refractivity contribution is 6.18. The molecule has 0 aliphatic heterocycles. The minimum Gasteiger partial charge on any atom is -0.122 e. The van der Waals surface area contributed by atoms with Crippen LogP contribution in [-0.2, 0) is 0 Å². The zero-order chi connectivity index (χ0) is 4.99. The van der Waals surface area contributed by atoms with Gasteiger partial charge >= 0.3 is 23.1 Å². The molecule has 0 nitrogen and oxygen atoms in total. The monoisotopic (exact) mass is 130 g/mol. The number of hydrogen-bond acceptors (Lipinski definition) is 0. The van der Waals surface area contributed by atoms with Crippen molar-refractivity contribution in [2.45, 2.75) is 13.8 Å². The van der Waals surface area contributed by atoms with E-state index in [2.05, 4.69) is 0 Å². The number of rotatable bonds is 1. The first kappa shape index (κ1) is 10.7. The van der Waals surface area contributed by atoms with Crippen LogP contribution in [0.1, 0.15) is 13.8 Å². The van der Waals surface area contributed by atoms with Gasteiger partial charge in [0.1, 0.15) is 0 Å². The lowest BCUT2D eigenvalue weighted by molar-refractivity contribution is 1.37. The Kier molecular flexibility index (Phi) is 10.4. The minimum absolute atomic E-state index is 0. The van der Waals surface area contributed by atoms with Crippen LogP contribution < -0.4 is 0 Å². The van der Waals surface area contributed by atoms with Gasteiger partial charge in [-0.25, -0.2) is 0 Å². The number of alkyl halides is 1. The second-order valence-corrected chi connectivity index (χ2v) is 1.74. The molecule has 0 N–H and O–H groups in total. The van der Waals surface area contributed by atoms with Gasteiger partial charge in [0, 0.05) is 5.88 Å². The Bertz CT molecular complexity index is 55.1. The topological polar surface area (TPSA) is 0 Å². The van der Waals surface area contributed by atoms with E-state index >= 15 is 0 Å². The predicted octanol–water partition coefficient (Wildman–Crippen LogP) is 1.28. The Morgan fingerprint density at radius 3 is 2.00 bits per heavy atom. The maximum Gasteiger partial charge on any atom is 0.316 e. The first-order valence-corrected chi connectivity index (χ1v) is 2.50. The van der Waals surface area contributed by atoms with E-state index in [1.807, 2.05) is 19.9 Å². The minimum atomic E-state index is 0. The van der Waals surface area contributed by atoms with Gasteiger partial charge in [0.25, 0.3) is 0 Å². The molecule has 0 aromatic rings. The fraction of sp³-hybridized carbons (Fsp3) is 0.600. The zero-order valence-electron chi connectivity index (χ0n) is 4.16. The van der Waals surface area contributed by atoms with Crippen molar-refractivity contribution in [3.05, 3.63) is 11.6 Å². The number of hydrogen-bond donors (Lipinski definition) is 0. The van der Waals surface area contributed by atoms with Crippen LogP contribution in [-0.4, -0.2) is 28.9 Å². The number of allylic oxidation sites excluding steroid dienone is 2. The normalized spacial score (nSPS) is 6.71. The largest absolute Gasteiger partial charge is 0.316 e. The second kappa shape index (κ2) is 6.80. The van der Waals surface area contributed by atoms with E-state index in [9.17, 15) is 0 Å². The van der Waals surface area contributed by atoms with E-state index in [0.717, 1.165) is 0 Å². The van der Waals surface area contributed by atoms with E-state index < -0.39 is 0 Å². The lowest BCUT2D eigenvalue weighted by atomic mass is 10.3. The molecule has 0 aromatic carbocycles. The summed E-state index contributed by atoms with van der Waals surface area (Å²) in [6, 6.07) is 0. The van der Waals surface area contributed by atoms with E-state index in [1.54, 1.807) is 0 Å². The highest BCUT2D eigenvalue weighted by atomic mass is 35.5. The van der Waals surface area contributed by atoms with E-state index in [-0.39, 0.29) is 23.1 Å². The van der Waals surface area contributed by atoms with Gasteiger partial charge in [-0.2, -0.15) is 0 Å². The van der Waals surface area contributed by atoms with E-state index in [1.165, 1.54) is 5.57 Å². The summed E-state index contributed by atoms with van der Waals surface area (Å²) in [7, 11) is 0. The van der Waals surface area contributed by atoms with Gasteiger partial charge in [0.15, 0.2) is 0 Å². The summed E-state index contributed by atoms with van der Waals surface area (Å²) < 4.78 is 0. The van der Waals surface area contributed by atoms with Gasteiger partial charge in [-0.1, -0.05) is 11.6 Å². The third kappa shape index (κ3) is 10.8.